The smallest absolute Gasteiger partial charge is 0.302 e. The lowest BCUT2D eigenvalue weighted by atomic mass is 9.32. The minimum Gasteiger partial charge on any atom is -0.465 e. The fraction of sp³-hybridized carbons (Fsp3) is 0.932. The van der Waals surface area contributed by atoms with Crippen LogP contribution in [0.5, 0.6) is 0 Å². The van der Waals surface area contributed by atoms with Crippen LogP contribution in [0.25, 0.3) is 0 Å². The number of hydrogen-bond acceptors (Lipinski definition) is 11. The lowest BCUT2D eigenvalue weighted by Crippen LogP contribution is -2.68. The molecule has 0 aromatic rings. The van der Waals surface area contributed by atoms with E-state index in [2.05, 4.69) is 259 Å². The Labute approximate surface area is 822 Å². The molecular formula is C118H210O11Si4. The monoisotopic (exact) mass is 1920 g/mol. The summed E-state index contributed by atoms with van der Waals surface area (Å²) >= 11 is 0. The average Bonchev–Trinajstić information content (AvgIpc) is 1.67. The number of fused-ring (bicyclic) bond motifs is 21. The molecule has 764 valence electrons. The van der Waals surface area contributed by atoms with Crippen LogP contribution in [0, 0.1) is 170 Å². The number of rotatable bonds is 19. The van der Waals surface area contributed by atoms with Gasteiger partial charge < -0.3 is 42.5 Å². The van der Waals surface area contributed by atoms with Gasteiger partial charge in [0.1, 0.15) is 0 Å². The maximum absolute atomic E-state index is 12.1. The molecule has 15 aliphatic carbocycles. The molecule has 0 radical (unpaired) electrons. The third-order valence-electron chi connectivity index (χ3n) is 50.4. The number of hydrogen-bond donors (Lipinski definition) is 3. The Morgan fingerprint density at radius 2 is 0.586 bits per heavy atom. The predicted molar refractivity (Wildman–Crippen MR) is 564 cm³/mol. The fourth-order valence-electron chi connectivity index (χ4n) is 37.7. The summed E-state index contributed by atoms with van der Waals surface area (Å²) in [4.78, 5) is 24.0. The second-order valence-electron chi connectivity index (χ2n) is 60.0. The van der Waals surface area contributed by atoms with E-state index in [1.54, 1.807) is 13.8 Å². The van der Waals surface area contributed by atoms with Crippen LogP contribution in [0.4, 0.5) is 0 Å². The lowest BCUT2D eigenvalue weighted by molar-refractivity contribution is -0.255. The molecule has 11 nitrogen and oxygen atoms in total. The van der Waals surface area contributed by atoms with E-state index in [0.29, 0.717) is 114 Å². The molecule has 15 fully saturated rings. The van der Waals surface area contributed by atoms with E-state index in [1.807, 2.05) is 0 Å². The van der Waals surface area contributed by atoms with Crippen LogP contribution in [0.1, 0.15) is 393 Å². The van der Waals surface area contributed by atoms with Gasteiger partial charge in [-0.3, -0.25) is 9.59 Å². The van der Waals surface area contributed by atoms with Gasteiger partial charge in [-0.2, -0.15) is 0 Å². The third kappa shape index (κ3) is 17.1. The van der Waals surface area contributed by atoms with Crippen molar-refractivity contribution in [1.29, 1.82) is 0 Å². The molecule has 133 heavy (non-hydrogen) atoms. The minimum atomic E-state index is -1.99. The van der Waals surface area contributed by atoms with Gasteiger partial charge in [-0.15, -0.1) is 0 Å². The van der Waals surface area contributed by atoms with Gasteiger partial charge in [-0.25, -0.2) is 0 Å². The summed E-state index contributed by atoms with van der Waals surface area (Å²) in [5, 5.41) is 33.1. The zero-order chi connectivity index (χ0) is 99.5. The van der Waals surface area contributed by atoms with Crippen molar-refractivity contribution in [3.05, 3.63) is 36.5 Å². The highest BCUT2D eigenvalue weighted by Gasteiger charge is 2.77. The summed E-state index contributed by atoms with van der Waals surface area (Å²) in [6, 6.07) is 0. The summed E-state index contributed by atoms with van der Waals surface area (Å²) in [6.07, 6.45) is 36.6. The minimum absolute atomic E-state index is 0.00618. The maximum Gasteiger partial charge on any atom is 0.302 e. The second kappa shape index (κ2) is 35.9. The highest BCUT2D eigenvalue weighted by Crippen LogP contribution is 2.83. The van der Waals surface area contributed by atoms with E-state index >= 15 is 0 Å². The van der Waals surface area contributed by atoms with Crippen molar-refractivity contribution in [2.45, 2.75) is 484 Å². The Morgan fingerprint density at radius 3 is 0.865 bits per heavy atom. The van der Waals surface area contributed by atoms with Gasteiger partial charge in [0.05, 0.1) is 38.1 Å². The molecule has 15 saturated carbocycles. The zero-order valence-electron chi connectivity index (χ0n) is 93.6. The van der Waals surface area contributed by atoms with Gasteiger partial charge >= 0.3 is 11.9 Å². The molecule has 3 N–H and O–H groups in total. The van der Waals surface area contributed by atoms with E-state index in [9.17, 15) is 24.9 Å². The van der Waals surface area contributed by atoms with Crippen LogP contribution in [-0.2, 0) is 36.8 Å². The number of carbonyl (C=O) groups is 2. The molecule has 15 rings (SSSR count). The van der Waals surface area contributed by atoms with Gasteiger partial charge in [-0.05, 0) is 429 Å². The molecule has 0 spiro atoms. The molecule has 0 aromatic heterocycles. The normalized spacial score (nSPS) is 47.2. The van der Waals surface area contributed by atoms with Crippen molar-refractivity contribution in [3.63, 3.8) is 0 Å². The first-order valence-electron chi connectivity index (χ1n) is 55.4. The molecule has 12 unspecified atom stereocenters. The summed E-state index contributed by atoms with van der Waals surface area (Å²) in [5.41, 5.74) is 6.36. The number of esters is 2. The highest BCUT2D eigenvalue weighted by atomic mass is 28.4. The molecular weight excluding hydrogens is 1710 g/mol. The molecule has 0 aromatic carbocycles. The second-order valence-corrected chi connectivity index (χ2v) is 79.1. The maximum atomic E-state index is 12.1. The van der Waals surface area contributed by atoms with Crippen molar-refractivity contribution < 1.29 is 52.1 Å². The molecule has 33 atom stereocenters. The molecule has 0 bridgehead atoms. The Balaban J connectivity index is 0.000000172. The number of carbonyl (C=O) groups excluding carboxylic acids is 2. The van der Waals surface area contributed by atoms with Crippen molar-refractivity contribution in [1.82, 2.24) is 0 Å². The zero-order valence-corrected chi connectivity index (χ0v) is 97.6. The Kier molecular flexibility index (Phi) is 29.4. The molecule has 0 saturated heterocycles. The Hall–Kier alpha value is -1.25. The Morgan fingerprint density at radius 1 is 0.308 bits per heavy atom. The lowest BCUT2D eigenvalue weighted by Gasteiger charge is -2.73. The fourth-order valence-corrected chi connectivity index (χ4v) is 42.8. The first kappa shape index (κ1) is 109. The van der Waals surface area contributed by atoms with Crippen molar-refractivity contribution in [2.75, 3.05) is 39.6 Å². The number of allylic oxidation sites excluding steroid dienone is 3. The molecule has 15 aliphatic rings. The first-order valence-corrected chi connectivity index (χ1v) is 67.1. The number of aliphatic hydroxyl groups excluding tert-OH is 3. The van der Waals surface area contributed by atoms with Crippen molar-refractivity contribution in [3.8, 4) is 0 Å². The van der Waals surface area contributed by atoms with Crippen molar-refractivity contribution >= 4 is 45.2 Å². The van der Waals surface area contributed by atoms with Gasteiger partial charge in [0.15, 0.2) is 33.3 Å². The van der Waals surface area contributed by atoms with Gasteiger partial charge in [0.25, 0.3) is 0 Å². The van der Waals surface area contributed by atoms with Gasteiger partial charge in [0.2, 0.25) is 0 Å². The highest BCUT2D eigenvalue weighted by molar-refractivity contribution is 6.75. The molecule has 0 amide bonds. The standard InChI is InChI=1S/C44H80O4Si2.C42H78O3Si2.C32H52O4/c1-30(2)32-20-25-44(29-46-31(3)45)27-26-42(12)33(37(32)44)18-19-35-40(10)23-22-36(48-50(16,17)39(7,8)9)41(11,34(40)21-24-43(35,42)13)28-47-49(14,15)38(4,5)6;1-29(2)30-19-24-42(27-43)26-25-40(11)31(35(30)42)17-18-33-38(9)22-21-34(45-47(15,16)37(6,7)8)39(10,32(38)20-23-41(33,40)12)28-44-46(13,14)36(3,4)5;1-20(2)22-10-15-32(19-36-21(3)34)17-16-30(6)23(27(22)32)8-9-25-28(4)13-12-26(35)29(5,18-33)24(28)11-14-31(25,30)7/h32-37H,1,18-29H2,2-17H3;30-35,43H,1,17-28H2,2-16H3;22-27,33,35H,1,8-19H2,2-7H3/t32-,33?,34?,35?,36-,37?,40-,41-,42+,43+,44+;30-,31?,32?,33?,34-,35?,38-,39-,40+,41+,42+;22-,23?,24?,25?,26-,27?,28-,29-,30+,31+,32+/m000/s1. The summed E-state index contributed by atoms with van der Waals surface area (Å²) in [7, 11) is -7.86. The SMILES string of the molecule is C=C(C)[C@@H]1CC[C@]2(CO)CC[C@]3(C)C(CCC4[C@@]5(C)CC[C@H](O[Si](C)(C)C(C)(C)C)[C@@](C)(CO[Si](C)(C)C(C)(C)C)C5CC[C@]43C)C12.C=C(C)[C@@H]1CC[C@]2(COC(C)=O)CC[C@]3(C)C(CCC4[C@@]5(C)CC[C@H](O)[C@@](C)(CO)C5CC[C@]43C)C12.C=C(C)[C@@H]1CC[C@]2(COC(C)=O)CC[C@]3(C)C(CCC4[C@@]5(C)CC[C@H](O[Si](C)(C)C(C)(C)C)[C@@](C)(CO[Si](C)(C)C(C)(C)C)C5CC[C@]43C)C12. The van der Waals surface area contributed by atoms with Gasteiger partial charge in [-0.1, -0.05) is 203 Å². The largest absolute Gasteiger partial charge is 0.465 e. The van der Waals surface area contributed by atoms with Crippen LogP contribution in [0.15, 0.2) is 36.5 Å². The third-order valence-corrected chi connectivity index (χ3v) is 68.3. The van der Waals surface area contributed by atoms with Crippen LogP contribution >= 0.6 is 0 Å². The van der Waals surface area contributed by atoms with Crippen LogP contribution in [0.3, 0.4) is 0 Å². The topological polar surface area (TPSA) is 150 Å². The summed E-state index contributed by atoms with van der Waals surface area (Å²) in [5.74, 6) is 8.68. The van der Waals surface area contributed by atoms with Gasteiger partial charge in [0, 0.05) is 60.7 Å². The van der Waals surface area contributed by atoms with E-state index < -0.39 is 44.8 Å². The van der Waals surface area contributed by atoms with E-state index in [4.69, 9.17) is 27.2 Å². The number of aliphatic hydroxyl groups is 3. The van der Waals surface area contributed by atoms with Crippen LogP contribution in [0.2, 0.25) is 72.5 Å². The predicted octanol–water partition coefficient (Wildman–Crippen LogP) is 31.2. The number of ether oxygens (including phenoxy) is 2. The first-order chi connectivity index (χ1) is 60.7. The van der Waals surface area contributed by atoms with E-state index in [-0.39, 0.29) is 116 Å². The summed E-state index contributed by atoms with van der Waals surface area (Å²) in [6.45, 7) is 107. The van der Waals surface area contributed by atoms with E-state index in [1.165, 1.54) is 164 Å². The van der Waals surface area contributed by atoms with Crippen LogP contribution < -0.4 is 0 Å². The molecule has 0 aliphatic heterocycles. The Bertz CT molecular complexity index is 4250. The average molecular weight is 1920 g/mol. The van der Waals surface area contributed by atoms with Crippen molar-refractivity contribution in [2.24, 2.45) is 170 Å². The molecule has 0 heterocycles. The van der Waals surface area contributed by atoms with Crippen LogP contribution in [-0.4, -0.2) is 118 Å². The summed E-state index contributed by atoms with van der Waals surface area (Å²) < 4.78 is 41.3. The molecule has 15 heteroatoms. The quantitative estimate of drug-likeness (QED) is 0.0644. The van der Waals surface area contributed by atoms with E-state index in [0.717, 1.165) is 64.1 Å².